The van der Waals surface area contributed by atoms with Gasteiger partial charge in [-0.05, 0) is 25.0 Å². The van der Waals surface area contributed by atoms with Crippen LogP contribution in [0.4, 0.5) is 5.69 Å². The second kappa shape index (κ2) is 7.35. The number of nitro benzene ring substituents is 1. The number of H-pyrrole nitrogens is 1. The normalized spacial score (nSPS) is 12.1. The molecule has 7 heteroatoms. The number of carbonyl (C=O) groups is 1. The third-order valence-electron chi connectivity index (χ3n) is 4.54. The minimum Gasteiger partial charge on any atom is -0.330 e. The summed E-state index contributed by atoms with van der Waals surface area (Å²) in [7, 11) is 0. The number of non-ortho nitro benzene ring substituents is 1. The number of carbonyl (C=O) groups excluding carboxylic acids is 1. The third kappa shape index (κ3) is 3.42. The molecule has 1 amide bonds. The topological polar surface area (TPSA) is 92.1 Å². The number of nitro groups is 1. The lowest BCUT2D eigenvalue weighted by Crippen LogP contribution is -2.38. The van der Waals surface area contributed by atoms with E-state index in [-0.39, 0.29) is 23.3 Å². The van der Waals surface area contributed by atoms with Crippen molar-refractivity contribution < 1.29 is 9.72 Å². The van der Waals surface area contributed by atoms with Crippen LogP contribution in [0.5, 0.6) is 0 Å². The smallest absolute Gasteiger partial charge is 0.275 e. The summed E-state index contributed by atoms with van der Waals surface area (Å²) in [6.07, 6.45) is 0.793. The summed E-state index contributed by atoms with van der Waals surface area (Å²) in [5.41, 5.74) is 1.76. The molecule has 0 saturated heterocycles. The summed E-state index contributed by atoms with van der Waals surface area (Å²) in [6.45, 7) is 4.46. The van der Waals surface area contributed by atoms with E-state index in [1.807, 2.05) is 44.2 Å². The highest BCUT2D eigenvalue weighted by Crippen LogP contribution is 2.24. The van der Waals surface area contributed by atoms with Crippen LogP contribution in [0, 0.1) is 10.1 Å². The van der Waals surface area contributed by atoms with Crippen LogP contribution in [0.3, 0.4) is 0 Å². The molecule has 0 spiro atoms. The second-order valence-corrected chi connectivity index (χ2v) is 6.24. The number of aromatic nitrogens is 2. The maximum absolute atomic E-state index is 13.2. The lowest BCUT2D eigenvalue weighted by Gasteiger charge is -2.28. The van der Waals surface area contributed by atoms with Gasteiger partial charge in [-0.2, -0.15) is 5.10 Å². The minimum absolute atomic E-state index is 0.00755. The lowest BCUT2D eigenvalue weighted by molar-refractivity contribution is -0.384. The Morgan fingerprint density at radius 1 is 1.27 bits per heavy atom. The molecule has 1 N–H and O–H groups in total. The molecule has 7 nitrogen and oxygen atoms in total. The van der Waals surface area contributed by atoms with E-state index in [2.05, 4.69) is 10.2 Å². The zero-order valence-corrected chi connectivity index (χ0v) is 14.7. The van der Waals surface area contributed by atoms with Gasteiger partial charge in [-0.1, -0.05) is 37.3 Å². The van der Waals surface area contributed by atoms with Crippen LogP contribution in [-0.4, -0.2) is 32.0 Å². The maximum Gasteiger partial charge on any atom is 0.275 e. The van der Waals surface area contributed by atoms with Gasteiger partial charge in [-0.3, -0.25) is 20.0 Å². The molecule has 0 bridgehead atoms. The van der Waals surface area contributed by atoms with Gasteiger partial charge < -0.3 is 4.90 Å². The van der Waals surface area contributed by atoms with E-state index in [0.29, 0.717) is 17.4 Å². The zero-order chi connectivity index (χ0) is 18.7. The molecule has 0 aliphatic carbocycles. The lowest BCUT2D eigenvalue weighted by atomic mass is 10.1. The number of hydrogen-bond donors (Lipinski definition) is 1. The van der Waals surface area contributed by atoms with Gasteiger partial charge in [0, 0.05) is 30.1 Å². The molecule has 3 rings (SSSR count). The Balaban J connectivity index is 1.99. The Morgan fingerprint density at radius 3 is 2.65 bits per heavy atom. The second-order valence-electron chi connectivity index (χ2n) is 6.24. The summed E-state index contributed by atoms with van der Waals surface area (Å²) in [4.78, 5) is 25.5. The van der Waals surface area contributed by atoms with Crippen LogP contribution >= 0.6 is 0 Å². The van der Waals surface area contributed by atoms with E-state index in [1.165, 1.54) is 12.1 Å². The molecule has 3 aromatic rings. The van der Waals surface area contributed by atoms with E-state index < -0.39 is 4.92 Å². The Labute approximate surface area is 150 Å². The number of hydrogen-bond acceptors (Lipinski definition) is 4. The van der Waals surface area contributed by atoms with Crippen molar-refractivity contribution in [1.29, 1.82) is 0 Å². The molecular formula is C19H20N4O3. The zero-order valence-electron chi connectivity index (χ0n) is 14.7. The molecule has 0 aliphatic rings. The molecule has 2 aromatic carbocycles. The van der Waals surface area contributed by atoms with E-state index in [9.17, 15) is 14.9 Å². The Hall–Kier alpha value is -3.22. The van der Waals surface area contributed by atoms with E-state index in [0.717, 1.165) is 12.0 Å². The van der Waals surface area contributed by atoms with Crippen LogP contribution in [0.2, 0.25) is 0 Å². The predicted molar refractivity (Wildman–Crippen MR) is 98.8 cm³/mol. The van der Waals surface area contributed by atoms with Crippen LogP contribution in [0.25, 0.3) is 10.9 Å². The number of benzene rings is 2. The number of rotatable bonds is 6. The van der Waals surface area contributed by atoms with Crippen LogP contribution < -0.4 is 0 Å². The molecular weight excluding hydrogens is 332 g/mol. The van der Waals surface area contributed by atoms with E-state index >= 15 is 0 Å². The number of aromatic amines is 1. The van der Waals surface area contributed by atoms with Crippen LogP contribution in [-0.2, 0) is 6.54 Å². The fourth-order valence-corrected chi connectivity index (χ4v) is 2.84. The maximum atomic E-state index is 13.2. The molecule has 0 radical (unpaired) electrons. The fourth-order valence-electron chi connectivity index (χ4n) is 2.84. The first-order valence-electron chi connectivity index (χ1n) is 8.48. The van der Waals surface area contributed by atoms with Crippen molar-refractivity contribution in [3.63, 3.8) is 0 Å². The van der Waals surface area contributed by atoms with Gasteiger partial charge in [0.25, 0.3) is 11.6 Å². The highest BCUT2D eigenvalue weighted by Gasteiger charge is 2.25. The van der Waals surface area contributed by atoms with Gasteiger partial charge >= 0.3 is 0 Å². The standard InChI is InChI=1S/C19H20N4O3/c1-3-13(2)22(12-14-7-5-4-6-8-14)19(24)18-16-11-15(23(25)26)9-10-17(16)20-21-18/h4-11,13H,3,12H2,1-2H3,(H,20,21). The molecule has 26 heavy (non-hydrogen) atoms. The third-order valence-corrected chi connectivity index (χ3v) is 4.54. The van der Waals surface area contributed by atoms with Crippen molar-refractivity contribution in [2.75, 3.05) is 0 Å². The first kappa shape index (κ1) is 17.6. The summed E-state index contributed by atoms with van der Waals surface area (Å²) in [5.74, 6) is -0.241. The fraction of sp³-hybridized carbons (Fsp3) is 0.263. The minimum atomic E-state index is -0.475. The summed E-state index contributed by atoms with van der Waals surface area (Å²) in [6, 6.07) is 14.1. The SMILES string of the molecule is CCC(C)N(Cc1ccccc1)C(=O)c1n[nH]c2ccc([N+](=O)[O-])cc12. The molecule has 1 unspecified atom stereocenters. The highest BCUT2D eigenvalue weighted by atomic mass is 16.6. The average molecular weight is 352 g/mol. The van der Waals surface area contributed by atoms with Gasteiger partial charge in [0.1, 0.15) is 0 Å². The number of nitrogens with zero attached hydrogens (tertiary/aromatic N) is 3. The summed E-state index contributed by atoms with van der Waals surface area (Å²) < 4.78 is 0. The van der Waals surface area contributed by atoms with Crippen molar-refractivity contribution in [2.24, 2.45) is 0 Å². The van der Waals surface area contributed by atoms with E-state index in [4.69, 9.17) is 0 Å². The number of fused-ring (bicyclic) bond motifs is 1. The summed E-state index contributed by atoms with van der Waals surface area (Å²) in [5, 5.41) is 18.4. The van der Waals surface area contributed by atoms with Crippen molar-refractivity contribution >= 4 is 22.5 Å². The Morgan fingerprint density at radius 2 is 2.00 bits per heavy atom. The largest absolute Gasteiger partial charge is 0.330 e. The predicted octanol–water partition coefficient (Wildman–Crippen LogP) is 3.91. The molecule has 0 fully saturated rings. The van der Waals surface area contributed by atoms with E-state index in [1.54, 1.807) is 11.0 Å². The van der Waals surface area contributed by atoms with Crippen LogP contribution in [0.15, 0.2) is 48.5 Å². The molecule has 0 saturated carbocycles. The van der Waals surface area contributed by atoms with Gasteiger partial charge in [-0.25, -0.2) is 0 Å². The van der Waals surface area contributed by atoms with Gasteiger partial charge in [-0.15, -0.1) is 0 Å². The number of nitrogens with one attached hydrogen (secondary N) is 1. The van der Waals surface area contributed by atoms with Crippen molar-refractivity contribution in [2.45, 2.75) is 32.9 Å². The summed E-state index contributed by atoms with van der Waals surface area (Å²) >= 11 is 0. The first-order valence-corrected chi connectivity index (χ1v) is 8.48. The molecule has 134 valence electrons. The highest BCUT2D eigenvalue weighted by molar-refractivity contribution is 6.05. The molecule has 1 aromatic heterocycles. The quantitative estimate of drug-likeness (QED) is 0.538. The van der Waals surface area contributed by atoms with Crippen molar-refractivity contribution in [1.82, 2.24) is 15.1 Å². The average Bonchev–Trinajstić information content (AvgIpc) is 3.09. The number of amides is 1. The molecule has 0 aliphatic heterocycles. The van der Waals surface area contributed by atoms with Crippen LogP contribution in [0.1, 0.15) is 36.3 Å². The Bertz CT molecular complexity index is 936. The monoisotopic (exact) mass is 352 g/mol. The van der Waals surface area contributed by atoms with Crippen molar-refractivity contribution in [3.05, 3.63) is 69.9 Å². The van der Waals surface area contributed by atoms with Gasteiger partial charge in [0.05, 0.1) is 10.4 Å². The van der Waals surface area contributed by atoms with Crippen molar-refractivity contribution in [3.8, 4) is 0 Å². The first-order chi connectivity index (χ1) is 12.5. The van der Waals surface area contributed by atoms with Gasteiger partial charge in [0.2, 0.25) is 0 Å². The van der Waals surface area contributed by atoms with Gasteiger partial charge in [0.15, 0.2) is 5.69 Å². The molecule has 1 atom stereocenters. The molecule has 1 heterocycles. The Kier molecular flexibility index (Phi) is 4.97.